The van der Waals surface area contributed by atoms with Crippen molar-refractivity contribution < 1.29 is 13.6 Å². The van der Waals surface area contributed by atoms with E-state index in [1.807, 2.05) is 6.07 Å². The fourth-order valence-electron chi connectivity index (χ4n) is 2.92. The van der Waals surface area contributed by atoms with Crippen molar-refractivity contribution in [2.24, 2.45) is 0 Å². The van der Waals surface area contributed by atoms with Crippen LogP contribution in [0.4, 0.5) is 10.1 Å². The normalized spacial score (nSPS) is 10.7. The average Bonchev–Trinajstić information content (AvgIpc) is 3.22. The van der Waals surface area contributed by atoms with Crippen molar-refractivity contribution in [3.63, 3.8) is 0 Å². The second kappa shape index (κ2) is 8.52. The van der Waals surface area contributed by atoms with E-state index in [1.54, 1.807) is 42.5 Å². The van der Waals surface area contributed by atoms with Crippen molar-refractivity contribution in [2.75, 3.05) is 5.32 Å². The largest absolute Gasteiger partial charge is 0.441 e. The summed E-state index contributed by atoms with van der Waals surface area (Å²) in [5.41, 5.74) is 1.99. The number of oxazole rings is 1. The van der Waals surface area contributed by atoms with Gasteiger partial charge in [-0.3, -0.25) is 9.59 Å². The lowest BCUT2D eigenvalue weighted by molar-refractivity contribution is -0.116. The maximum absolute atomic E-state index is 13.8. The lowest BCUT2D eigenvalue weighted by Crippen LogP contribution is -2.12. The average molecular weight is 404 g/mol. The quantitative estimate of drug-likeness (QED) is 0.509. The van der Waals surface area contributed by atoms with Gasteiger partial charge >= 0.3 is 0 Å². The highest BCUT2D eigenvalue weighted by Gasteiger charge is 2.12. The number of H-pyrrole nitrogens is 1. The Morgan fingerprint density at radius 3 is 2.77 bits per heavy atom. The molecule has 4 rings (SSSR count). The van der Waals surface area contributed by atoms with Crippen LogP contribution < -0.4 is 10.9 Å². The molecule has 0 bridgehead atoms. The van der Waals surface area contributed by atoms with E-state index in [0.717, 1.165) is 5.56 Å². The van der Waals surface area contributed by atoms with Crippen molar-refractivity contribution in [3.8, 4) is 22.6 Å². The van der Waals surface area contributed by atoms with E-state index in [0.29, 0.717) is 28.6 Å². The molecule has 8 heteroatoms. The Morgan fingerprint density at radius 2 is 1.97 bits per heavy atom. The highest BCUT2D eigenvalue weighted by Crippen LogP contribution is 2.24. The number of halogens is 1. The summed E-state index contributed by atoms with van der Waals surface area (Å²) in [6, 6.07) is 16.4. The number of aryl methyl sites for hydroxylation is 1. The fourth-order valence-corrected chi connectivity index (χ4v) is 2.92. The van der Waals surface area contributed by atoms with Gasteiger partial charge in [0.25, 0.3) is 5.56 Å². The Labute approximate surface area is 170 Å². The summed E-state index contributed by atoms with van der Waals surface area (Å²) in [5.74, 6) is 0.0706. The number of anilines is 1. The van der Waals surface area contributed by atoms with E-state index in [-0.39, 0.29) is 24.3 Å². The van der Waals surface area contributed by atoms with E-state index < -0.39 is 5.82 Å². The number of hydrogen-bond acceptors (Lipinski definition) is 5. The molecule has 30 heavy (non-hydrogen) atoms. The number of nitrogens with zero attached hydrogens (tertiary/aromatic N) is 2. The lowest BCUT2D eigenvalue weighted by Gasteiger charge is -2.06. The molecule has 2 heterocycles. The van der Waals surface area contributed by atoms with E-state index >= 15 is 0 Å². The topological polar surface area (TPSA) is 101 Å². The number of carbonyl (C=O) groups excluding carboxylic acids is 1. The summed E-state index contributed by atoms with van der Waals surface area (Å²) < 4.78 is 19.4. The zero-order valence-corrected chi connectivity index (χ0v) is 15.8. The van der Waals surface area contributed by atoms with Gasteiger partial charge in [-0.1, -0.05) is 24.3 Å². The Kier molecular flexibility index (Phi) is 5.47. The molecule has 4 aromatic rings. The molecule has 0 spiro atoms. The number of aromatic amines is 1. The van der Waals surface area contributed by atoms with Crippen molar-refractivity contribution in [3.05, 3.63) is 88.9 Å². The van der Waals surface area contributed by atoms with Crippen LogP contribution in [0.5, 0.6) is 0 Å². The minimum absolute atomic E-state index is 0.151. The molecule has 0 aliphatic carbocycles. The van der Waals surface area contributed by atoms with Gasteiger partial charge in [0.1, 0.15) is 5.82 Å². The van der Waals surface area contributed by atoms with Crippen LogP contribution in [0.15, 0.2) is 76.1 Å². The predicted molar refractivity (Wildman–Crippen MR) is 109 cm³/mol. The lowest BCUT2D eigenvalue weighted by atomic mass is 10.1. The van der Waals surface area contributed by atoms with Gasteiger partial charge in [0.05, 0.1) is 17.5 Å². The Bertz CT molecular complexity index is 1230. The van der Waals surface area contributed by atoms with Gasteiger partial charge in [-0.2, -0.15) is 5.10 Å². The maximum atomic E-state index is 13.8. The smallest absolute Gasteiger partial charge is 0.264 e. The van der Waals surface area contributed by atoms with Gasteiger partial charge in [0.2, 0.25) is 5.91 Å². The van der Waals surface area contributed by atoms with E-state index in [2.05, 4.69) is 20.5 Å². The van der Waals surface area contributed by atoms with Crippen LogP contribution in [0.2, 0.25) is 0 Å². The van der Waals surface area contributed by atoms with Gasteiger partial charge in [0, 0.05) is 30.2 Å². The SMILES string of the molecule is O=C(CCc1ncc(-c2ccccc2F)o1)Nc1cccc(-c2ccc(=O)[nH]n2)c1. The van der Waals surface area contributed by atoms with Crippen LogP contribution >= 0.6 is 0 Å². The minimum Gasteiger partial charge on any atom is -0.441 e. The van der Waals surface area contributed by atoms with E-state index in [4.69, 9.17) is 4.42 Å². The Hall–Kier alpha value is -4.07. The first-order valence-corrected chi connectivity index (χ1v) is 9.24. The molecule has 150 valence electrons. The number of hydrogen-bond donors (Lipinski definition) is 2. The molecule has 0 unspecified atom stereocenters. The number of nitrogens with one attached hydrogen (secondary N) is 2. The Morgan fingerprint density at radius 1 is 1.10 bits per heavy atom. The summed E-state index contributed by atoms with van der Waals surface area (Å²) in [7, 11) is 0. The number of rotatable bonds is 6. The molecule has 0 saturated carbocycles. The van der Waals surface area contributed by atoms with E-state index in [1.165, 1.54) is 18.3 Å². The molecule has 2 aromatic carbocycles. The number of carbonyl (C=O) groups is 1. The summed E-state index contributed by atoms with van der Waals surface area (Å²) in [6.07, 6.45) is 1.88. The van der Waals surface area contributed by atoms with Crippen molar-refractivity contribution in [2.45, 2.75) is 12.8 Å². The number of aromatic nitrogens is 3. The third-order valence-electron chi connectivity index (χ3n) is 4.38. The fraction of sp³-hybridized carbons (Fsp3) is 0.0909. The second-order valence-corrected chi connectivity index (χ2v) is 6.53. The molecule has 1 amide bonds. The van der Waals surface area contributed by atoms with Crippen LogP contribution in [-0.4, -0.2) is 21.1 Å². The summed E-state index contributed by atoms with van der Waals surface area (Å²) in [5, 5.41) is 9.17. The van der Waals surface area contributed by atoms with Crippen molar-refractivity contribution in [1.29, 1.82) is 0 Å². The molecular formula is C22H17FN4O3. The summed E-state index contributed by atoms with van der Waals surface area (Å²) in [6.45, 7) is 0. The summed E-state index contributed by atoms with van der Waals surface area (Å²) >= 11 is 0. The Balaban J connectivity index is 1.38. The van der Waals surface area contributed by atoms with Crippen molar-refractivity contribution >= 4 is 11.6 Å². The molecule has 0 atom stereocenters. The zero-order chi connectivity index (χ0) is 20.9. The molecule has 0 aliphatic rings. The monoisotopic (exact) mass is 404 g/mol. The van der Waals surface area contributed by atoms with Crippen LogP contribution in [0.1, 0.15) is 12.3 Å². The predicted octanol–water partition coefficient (Wildman–Crippen LogP) is 3.80. The van der Waals surface area contributed by atoms with Crippen molar-refractivity contribution in [1.82, 2.24) is 15.2 Å². The van der Waals surface area contributed by atoms with Gasteiger partial charge in [0.15, 0.2) is 11.7 Å². The van der Waals surface area contributed by atoms with Gasteiger partial charge in [-0.15, -0.1) is 0 Å². The van der Waals surface area contributed by atoms with Crippen LogP contribution in [0, 0.1) is 5.82 Å². The van der Waals surface area contributed by atoms with Gasteiger partial charge < -0.3 is 9.73 Å². The molecule has 7 nitrogen and oxygen atoms in total. The highest BCUT2D eigenvalue weighted by atomic mass is 19.1. The van der Waals surface area contributed by atoms with Gasteiger partial charge in [-0.25, -0.2) is 14.5 Å². The number of amides is 1. The van der Waals surface area contributed by atoms with E-state index in [9.17, 15) is 14.0 Å². The first-order valence-electron chi connectivity index (χ1n) is 9.24. The molecule has 0 fully saturated rings. The first kappa shape index (κ1) is 19.3. The molecule has 0 radical (unpaired) electrons. The third-order valence-corrected chi connectivity index (χ3v) is 4.38. The highest BCUT2D eigenvalue weighted by molar-refractivity contribution is 5.91. The number of benzene rings is 2. The standard InChI is InChI=1S/C22H17FN4O3/c23-17-7-2-1-6-16(17)19-13-24-22(30-19)11-10-20(28)25-15-5-3-4-14(12-15)18-8-9-21(29)27-26-18/h1-9,12-13H,10-11H2,(H,25,28)(H,27,29). The van der Waals surface area contributed by atoms with Crippen LogP contribution in [0.3, 0.4) is 0 Å². The molecular weight excluding hydrogens is 387 g/mol. The molecule has 2 N–H and O–H groups in total. The maximum Gasteiger partial charge on any atom is 0.264 e. The summed E-state index contributed by atoms with van der Waals surface area (Å²) in [4.78, 5) is 27.6. The second-order valence-electron chi connectivity index (χ2n) is 6.53. The molecule has 0 aliphatic heterocycles. The minimum atomic E-state index is -0.394. The first-order chi connectivity index (χ1) is 14.6. The molecule has 2 aromatic heterocycles. The van der Waals surface area contributed by atoms with Crippen LogP contribution in [0.25, 0.3) is 22.6 Å². The van der Waals surface area contributed by atoms with Gasteiger partial charge in [-0.05, 0) is 30.3 Å². The molecule has 0 saturated heterocycles. The van der Waals surface area contributed by atoms with Crippen LogP contribution in [-0.2, 0) is 11.2 Å². The third kappa shape index (κ3) is 4.49. The zero-order valence-electron chi connectivity index (χ0n) is 15.8.